The van der Waals surface area contributed by atoms with Gasteiger partial charge in [-0.2, -0.15) is 0 Å². The molecule has 0 bridgehead atoms. The minimum atomic E-state index is -1.06. The molecule has 4 heterocycles. The van der Waals surface area contributed by atoms with Crippen LogP contribution in [0.1, 0.15) is 65.4 Å². The van der Waals surface area contributed by atoms with E-state index in [1.54, 1.807) is 6.07 Å². The van der Waals surface area contributed by atoms with E-state index in [4.69, 9.17) is 9.63 Å². The topological polar surface area (TPSA) is 105 Å². The van der Waals surface area contributed by atoms with Crippen molar-refractivity contribution in [2.24, 2.45) is 5.41 Å². The number of pyridine rings is 1. The predicted molar refractivity (Wildman–Crippen MR) is 139 cm³/mol. The molecule has 3 aliphatic rings. The largest absolute Gasteiger partial charge is 0.476 e. The first-order valence-electron chi connectivity index (χ1n) is 12.9. The van der Waals surface area contributed by atoms with Gasteiger partial charge < -0.3 is 14.5 Å². The van der Waals surface area contributed by atoms with Gasteiger partial charge in [0.1, 0.15) is 11.5 Å². The summed E-state index contributed by atoms with van der Waals surface area (Å²) in [6, 6.07) is 9.60. The summed E-state index contributed by atoms with van der Waals surface area (Å²) in [6.45, 7) is 4.02. The van der Waals surface area contributed by atoms with Crippen LogP contribution in [0.2, 0.25) is 0 Å². The Kier molecular flexibility index (Phi) is 4.93. The van der Waals surface area contributed by atoms with Gasteiger partial charge in [-0.25, -0.2) is 4.79 Å². The van der Waals surface area contributed by atoms with Gasteiger partial charge in [0, 0.05) is 53.6 Å². The number of benzene rings is 1. The minimum Gasteiger partial charge on any atom is -0.476 e. The van der Waals surface area contributed by atoms with Gasteiger partial charge in [-0.3, -0.25) is 4.98 Å². The predicted octanol–water partition coefficient (Wildman–Crippen LogP) is 5.64. The fourth-order valence-electron chi connectivity index (χ4n) is 5.87. The summed E-state index contributed by atoms with van der Waals surface area (Å²) in [5.41, 5.74) is 7.73. The number of allylic oxidation sites excluding steroid dienone is 2. The smallest absolute Gasteiger partial charge is 0.356 e. The fraction of sp³-hybridized carbons (Fsp3) is 0.345. The molecular formula is C29H27N5O3. The first-order valence-corrected chi connectivity index (χ1v) is 12.9. The monoisotopic (exact) mass is 493 g/mol. The number of aryl methyl sites for hydroxylation is 1. The highest BCUT2D eigenvalue weighted by molar-refractivity contribution is 5.91. The number of nitrogens with zero attached hydrogens (tertiary/aromatic N) is 5. The molecule has 0 atom stereocenters. The molecule has 186 valence electrons. The van der Waals surface area contributed by atoms with Crippen LogP contribution in [0.3, 0.4) is 0 Å². The Morgan fingerprint density at radius 1 is 1.14 bits per heavy atom. The molecule has 1 saturated heterocycles. The summed E-state index contributed by atoms with van der Waals surface area (Å²) in [5.74, 6) is 0.487. The Hall–Kier alpha value is -4.07. The van der Waals surface area contributed by atoms with Gasteiger partial charge in [-0.15, -0.1) is 10.2 Å². The van der Waals surface area contributed by atoms with Crippen LogP contribution >= 0.6 is 0 Å². The molecule has 1 saturated carbocycles. The van der Waals surface area contributed by atoms with E-state index in [9.17, 15) is 4.79 Å². The van der Waals surface area contributed by atoms with Crippen molar-refractivity contribution in [1.29, 1.82) is 0 Å². The van der Waals surface area contributed by atoms with E-state index in [1.807, 2.05) is 30.6 Å². The van der Waals surface area contributed by atoms with Crippen molar-refractivity contribution in [3.05, 3.63) is 71.4 Å². The third-order valence-electron chi connectivity index (χ3n) is 8.22. The number of carboxylic acids is 1. The van der Waals surface area contributed by atoms with Crippen LogP contribution in [-0.4, -0.2) is 44.5 Å². The standard InChI is InChI=1S/C29H27N5O3/c1-17-6-9-30-16-22(17)26-25(27(37-33-26)18-2-3-18)20-14-29(15-20)7-10-34(11-8-29)21-5-4-19-12-24(28(35)36)32-31-23(19)13-21/h4-6,9,12-14,16,18H,2-3,7-8,10-11,15H2,1H3,(H,35,36). The average molecular weight is 494 g/mol. The maximum absolute atomic E-state index is 11.2. The number of fused-ring (bicyclic) bond motifs is 1. The van der Waals surface area contributed by atoms with Crippen molar-refractivity contribution >= 4 is 28.1 Å². The van der Waals surface area contributed by atoms with E-state index in [0.29, 0.717) is 11.4 Å². The third-order valence-corrected chi connectivity index (χ3v) is 8.22. The summed E-state index contributed by atoms with van der Waals surface area (Å²) in [4.78, 5) is 17.9. The molecule has 2 fully saturated rings. The number of rotatable bonds is 5. The zero-order valence-corrected chi connectivity index (χ0v) is 20.6. The van der Waals surface area contributed by atoms with Gasteiger partial charge in [-0.05, 0) is 79.8 Å². The summed E-state index contributed by atoms with van der Waals surface area (Å²) in [6.07, 6.45) is 11.8. The number of aromatic nitrogens is 4. The van der Waals surface area contributed by atoms with Gasteiger partial charge in [0.15, 0.2) is 5.69 Å². The van der Waals surface area contributed by atoms with Crippen molar-refractivity contribution < 1.29 is 14.4 Å². The summed E-state index contributed by atoms with van der Waals surface area (Å²) >= 11 is 0. The molecule has 2 aliphatic carbocycles. The molecule has 7 rings (SSSR count). The highest BCUT2D eigenvalue weighted by Gasteiger charge is 2.43. The lowest BCUT2D eigenvalue weighted by Crippen LogP contribution is -2.42. The van der Waals surface area contributed by atoms with Crippen molar-refractivity contribution in [2.75, 3.05) is 18.0 Å². The van der Waals surface area contributed by atoms with Gasteiger partial charge >= 0.3 is 5.97 Å². The number of carboxylic acid groups (broad SMARTS) is 1. The molecule has 4 aromatic rings. The van der Waals surface area contributed by atoms with Crippen LogP contribution in [0.25, 0.3) is 27.7 Å². The molecule has 0 unspecified atom stereocenters. The fourth-order valence-corrected chi connectivity index (χ4v) is 5.87. The molecule has 8 nitrogen and oxygen atoms in total. The zero-order valence-electron chi connectivity index (χ0n) is 20.6. The quantitative estimate of drug-likeness (QED) is 0.381. The lowest BCUT2D eigenvalue weighted by atomic mass is 9.63. The van der Waals surface area contributed by atoms with Crippen LogP contribution in [0, 0.1) is 12.3 Å². The number of anilines is 1. The third kappa shape index (κ3) is 3.79. The van der Waals surface area contributed by atoms with E-state index >= 15 is 0 Å². The van der Waals surface area contributed by atoms with Crippen LogP contribution < -0.4 is 4.90 Å². The van der Waals surface area contributed by atoms with Crippen LogP contribution in [0.15, 0.2) is 53.3 Å². The number of piperidine rings is 1. The van der Waals surface area contributed by atoms with E-state index < -0.39 is 5.97 Å². The number of hydrogen-bond donors (Lipinski definition) is 1. The van der Waals surface area contributed by atoms with E-state index in [2.05, 4.69) is 44.3 Å². The Balaban J connectivity index is 1.12. The van der Waals surface area contributed by atoms with Gasteiger partial charge in [-0.1, -0.05) is 17.3 Å². The van der Waals surface area contributed by atoms with E-state index in [1.165, 1.54) is 24.0 Å². The van der Waals surface area contributed by atoms with Gasteiger partial charge in [0.05, 0.1) is 5.52 Å². The summed E-state index contributed by atoms with van der Waals surface area (Å²) in [5, 5.41) is 22.4. The molecule has 1 aliphatic heterocycles. The van der Waals surface area contributed by atoms with Crippen molar-refractivity contribution in [1.82, 2.24) is 20.3 Å². The zero-order chi connectivity index (χ0) is 25.1. The van der Waals surface area contributed by atoms with Crippen molar-refractivity contribution in [3.63, 3.8) is 0 Å². The van der Waals surface area contributed by atoms with Gasteiger partial charge in [0.2, 0.25) is 0 Å². The highest BCUT2D eigenvalue weighted by Crippen LogP contribution is 2.55. The van der Waals surface area contributed by atoms with Crippen molar-refractivity contribution in [3.8, 4) is 11.3 Å². The van der Waals surface area contributed by atoms with Crippen LogP contribution in [0.4, 0.5) is 5.69 Å². The molecule has 0 radical (unpaired) electrons. The first kappa shape index (κ1) is 22.2. The SMILES string of the molecule is Cc1ccncc1-c1noc(C2CC2)c1C1=CC2(CCN(c3ccc4cc(C(=O)O)nnc4c3)CC2)C1. The van der Waals surface area contributed by atoms with E-state index in [-0.39, 0.29) is 11.1 Å². The second-order valence-electron chi connectivity index (χ2n) is 10.7. The molecule has 37 heavy (non-hydrogen) atoms. The molecule has 1 spiro atoms. The molecule has 1 N–H and O–H groups in total. The van der Waals surface area contributed by atoms with E-state index in [0.717, 1.165) is 66.0 Å². The highest BCUT2D eigenvalue weighted by atomic mass is 16.5. The maximum atomic E-state index is 11.2. The van der Waals surface area contributed by atoms with Gasteiger partial charge in [0.25, 0.3) is 0 Å². The minimum absolute atomic E-state index is 0.0350. The number of aromatic carboxylic acids is 1. The lowest BCUT2D eigenvalue weighted by molar-refractivity contribution is 0.0689. The molecule has 0 amide bonds. The van der Waals surface area contributed by atoms with Crippen molar-refractivity contribution in [2.45, 2.75) is 44.9 Å². The molecular weight excluding hydrogens is 466 g/mol. The van der Waals surface area contributed by atoms with Crippen LogP contribution in [-0.2, 0) is 0 Å². The Morgan fingerprint density at radius 3 is 2.68 bits per heavy atom. The second-order valence-corrected chi connectivity index (χ2v) is 10.7. The molecule has 3 aromatic heterocycles. The molecule has 8 heteroatoms. The lowest BCUT2D eigenvalue weighted by Gasteiger charge is -2.47. The number of hydrogen-bond acceptors (Lipinski definition) is 7. The Labute approximate surface area is 214 Å². The maximum Gasteiger partial charge on any atom is 0.356 e. The summed E-state index contributed by atoms with van der Waals surface area (Å²) in [7, 11) is 0. The Morgan fingerprint density at radius 2 is 1.95 bits per heavy atom. The van der Waals surface area contributed by atoms with Crippen LogP contribution in [0.5, 0.6) is 0 Å². The normalized spacial score (nSPS) is 18.6. The number of carbonyl (C=O) groups is 1. The summed E-state index contributed by atoms with van der Waals surface area (Å²) < 4.78 is 5.92. The first-order chi connectivity index (χ1) is 18.0. The molecule has 1 aromatic carbocycles. The Bertz CT molecular complexity index is 1580. The average Bonchev–Trinajstić information content (AvgIpc) is 3.65. The second kappa shape index (κ2) is 8.23.